The molecule has 7 rings (SSSR count). The molecule has 3 aromatic heterocycles. The summed E-state index contributed by atoms with van der Waals surface area (Å²) >= 11 is 0. The van der Waals surface area contributed by atoms with Gasteiger partial charge in [0, 0.05) is 73.7 Å². The van der Waals surface area contributed by atoms with Gasteiger partial charge in [-0.1, -0.05) is 18.2 Å². The van der Waals surface area contributed by atoms with Gasteiger partial charge in [-0.2, -0.15) is 0 Å². The van der Waals surface area contributed by atoms with Crippen LogP contribution in [0.5, 0.6) is 23.0 Å². The molecule has 0 radical (unpaired) electrons. The zero-order chi connectivity index (χ0) is 34.5. The molecule has 4 heterocycles. The maximum atomic E-state index is 13.7. The number of carbonyl (C=O) groups excluding carboxylic acids is 2. The molecule has 256 valence electrons. The summed E-state index contributed by atoms with van der Waals surface area (Å²) in [5.74, 6) is 1.63. The molecule has 2 aromatic carbocycles. The Morgan fingerprint density at radius 1 is 0.940 bits per heavy atom. The van der Waals surface area contributed by atoms with E-state index in [2.05, 4.69) is 25.5 Å². The third kappa shape index (κ3) is 7.07. The summed E-state index contributed by atoms with van der Waals surface area (Å²) in [5.41, 5.74) is 1.68. The maximum Gasteiger partial charge on any atom is 0.268 e. The second-order valence-electron chi connectivity index (χ2n) is 12.2. The molecule has 5 aromatic rings. The first-order valence-corrected chi connectivity index (χ1v) is 16.8. The average molecular weight is 675 g/mol. The van der Waals surface area contributed by atoms with Gasteiger partial charge in [0.1, 0.15) is 22.9 Å². The summed E-state index contributed by atoms with van der Waals surface area (Å²) in [6.45, 7) is 5.68. The number of aromatic nitrogens is 3. The largest absolute Gasteiger partial charge is 0.493 e. The van der Waals surface area contributed by atoms with Crippen molar-refractivity contribution in [1.82, 2.24) is 24.8 Å². The predicted molar refractivity (Wildman–Crippen MR) is 189 cm³/mol. The van der Waals surface area contributed by atoms with E-state index < -0.39 is 11.5 Å². The van der Waals surface area contributed by atoms with Crippen LogP contribution in [0.1, 0.15) is 45.7 Å². The topological polar surface area (TPSA) is 137 Å². The number of nitrogens with one attached hydrogen (secondary N) is 2. The van der Waals surface area contributed by atoms with E-state index in [1.165, 1.54) is 16.8 Å². The molecule has 2 N–H and O–H groups in total. The minimum absolute atomic E-state index is 0.0871. The molecule has 0 spiro atoms. The standard InChI is InChI=1S/C38H38N6O6/c1-48-34-22-27-30(23-35(34)49-20-6-17-43-18-15-39-16-19-43)40-14-13-33(27)50-26-11-12-36(41-24-26)42-37(46)29-21-28-31(9-5-10-32(28)45)44(38(29)47)25-7-3-2-4-8-25/h2-4,7-8,11-14,21-24,39H,5-6,9-10,15-20H2,1H3,(H,41,42,46). The van der Waals surface area contributed by atoms with Crippen LogP contribution in [0.2, 0.25) is 0 Å². The van der Waals surface area contributed by atoms with Crippen LogP contribution in [0.25, 0.3) is 16.6 Å². The molecule has 0 bridgehead atoms. The van der Waals surface area contributed by atoms with Crippen LogP contribution in [0.3, 0.4) is 0 Å². The Morgan fingerprint density at radius 2 is 1.78 bits per heavy atom. The highest BCUT2D eigenvalue weighted by atomic mass is 16.5. The number of piperazine rings is 1. The lowest BCUT2D eigenvalue weighted by Gasteiger charge is -2.27. The molecule has 1 amide bonds. The summed E-state index contributed by atoms with van der Waals surface area (Å²) in [6.07, 6.45) is 5.63. The molecular weight excluding hydrogens is 636 g/mol. The van der Waals surface area contributed by atoms with Gasteiger partial charge in [-0.15, -0.1) is 0 Å². The minimum atomic E-state index is -0.656. The summed E-state index contributed by atoms with van der Waals surface area (Å²) in [5, 5.41) is 6.80. The Kier molecular flexibility index (Phi) is 9.81. The molecular formula is C38H38N6O6. The molecule has 1 aliphatic carbocycles. The molecule has 12 heteroatoms. The fourth-order valence-electron chi connectivity index (χ4n) is 6.42. The third-order valence-electron chi connectivity index (χ3n) is 8.96. The monoisotopic (exact) mass is 674 g/mol. The highest BCUT2D eigenvalue weighted by Crippen LogP contribution is 2.37. The number of amides is 1. The van der Waals surface area contributed by atoms with E-state index in [4.69, 9.17) is 14.2 Å². The van der Waals surface area contributed by atoms with Gasteiger partial charge in [-0.3, -0.25) is 23.9 Å². The number of fused-ring (bicyclic) bond motifs is 2. The SMILES string of the molecule is COc1cc2c(Oc3ccc(NC(=O)c4cc5c(n(-c6ccccc6)c4=O)CCCC5=O)nc3)ccnc2cc1OCCCN1CCNCC1. The van der Waals surface area contributed by atoms with Crippen molar-refractivity contribution in [3.63, 3.8) is 0 Å². The van der Waals surface area contributed by atoms with Crippen molar-refractivity contribution in [1.29, 1.82) is 0 Å². The molecule has 0 saturated carbocycles. The summed E-state index contributed by atoms with van der Waals surface area (Å²) in [6, 6.07) is 19.2. The zero-order valence-corrected chi connectivity index (χ0v) is 27.8. The number of pyridine rings is 3. The van der Waals surface area contributed by atoms with E-state index in [0.29, 0.717) is 71.3 Å². The van der Waals surface area contributed by atoms with Gasteiger partial charge in [0.15, 0.2) is 17.3 Å². The van der Waals surface area contributed by atoms with Crippen molar-refractivity contribution in [2.45, 2.75) is 25.7 Å². The van der Waals surface area contributed by atoms with E-state index >= 15 is 0 Å². The molecule has 50 heavy (non-hydrogen) atoms. The van der Waals surface area contributed by atoms with E-state index in [-0.39, 0.29) is 17.2 Å². The number of methoxy groups -OCH3 is 1. The highest BCUT2D eigenvalue weighted by Gasteiger charge is 2.26. The van der Waals surface area contributed by atoms with Crippen LogP contribution < -0.4 is 30.4 Å². The van der Waals surface area contributed by atoms with E-state index in [0.717, 1.165) is 44.5 Å². The number of carbonyl (C=O) groups is 2. The van der Waals surface area contributed by atoms with Crippen molar-refractivity contribution in [3.05, 3.63) is 106 Å². The third-order valence-corrected chi connectivity index (χ3v) is 8.96. The number of hydrogen-bond acceptors (Lipinski definition) is 10. The molecule has 12 nitrogen and oxygen atoms in total. The number of Topliss-reactive ketones (excluding diaryl/α,β-unsaturated/α-hetero) is 1. The van der Waals surface area contributed by atoms with Crippen molar-refractivity contribution in [3.8, 4) is 28.7 Å². The lowest BCUT2D eigenvalue weighted by molar-refractivity contribution is 0.0971. The maximum absolute atomic E-state index is 13.7. The van der Waals surface area contributed by atoms with Crippen molar-refractivity contribution in [2.75, 3.05) is 51.8 Å². The van der Waals surface area contributed by atoms with Gasteiger partial charge in [0.25, 0.3) is 11.5 Å². The first-order valence-electron chi connectivity index (χ1n) is 16.8. The van der Waals surface area contributed by atoms with Gasteiger partial charge in [-0.05, 0) is 61.7 Å². The Morgan fingerprint density at radius 3 is 2.56 bits per heavy atom. The molecule has 1 fully saturated rings. The second kappa shape index (κ2) is 14.9. The molecule has 0 atom stereocenters. The second-order valence-corrected chi connectivity index (χ2v) is 12.2. The van der Waals surface area contributed by atoms with E-state index in [9.17, 15) is 14.4 Å². The van der Waals surface area contributed by atoms with Gasteiger partial charge < -0.3 is 29.7 Å². The number of rotatable bonds is 11. The van der Waals surface area contributed by atoms with E-state index in [1.807, 2.05) is 30.3 Å². The zero-order valence-electron chi connectivity index (χ0n) is 27.8. The van der Waals surface area contributed by atoms with Crippen LogP contribution in [-0.2, 0) is 6.42 Å². The average Bonchev–Trinajstić information content (AvgIpc) is 3.14. The molecule has 0 unspecified atom stereocenters. The van der Waals surface area contributed by atoms with Crippen molar-refractivity contribution < 1.29 is 23.8 Å². The smallest absolute Gasteiger partial charge is 0.268 e. The summed E-state index contributed by atoms with van der Waals surface area (Å²) in [4.78, 5) is 51.2. The Balaban J connectivity index is 1.06. The van der Waals surface area contributed by atoms with Gasteiger partial charge in [-0.25, -0.2) is 4.98 Å². The quantitative estimate of drug-likeness (QED) is 0.184. The highest BCUT2D eigenvalue weighted by molar-refractivity contribution is 6.06. The summed E-state index contributed by atoms with van der Waals surface area (Å²) < 4.78 is 19.4. The number of para-hydroxylation sites is 1. The van der Waals surface area contributed by atoms with Crippen LogP contribution in [0.15, 0.2) is 83.9 Å². The van der Waals surface area contributed by atoms with Gasteiger partial charge >= 0.3 is 0 Å². The normalized spacial score (nSPS) is 14.6. The predicted octanol–water partition coefficient (Wildman–Crippen LogP) is 5.03. The van der Waals surface area contributed by atoms with E-state index in [1.54, 1.807) is 43.6 Å². The first-order chi connectivity index (χ1) is 24.5. The molecule has 1 aliphatic heterocycles. The van der Waals surface area contributed by atoms with Crippen LogP contribution in [0.4, 0.5) is 5.82 Å². The van der Waals surface area contributed by atoms with Crippen LogP contribution in [0, 0.1) is 0 Å². The molecule has 1 saturated heterocycles. The lowest BCUT2D eigenvalue weighted by atomic mass is 9.92. The Labute approximate surface area is 289 Å². The number of ether oxygens (including phenoxy) is 3. The lowest BCUT2D eigenvalue weighted by Crippen LogP contribution is -2.43. The van der Waals surface area contributed by atoms with Crippen molar-refractivity contribution in [2.24, 2.45) is 0 Å². The number of nitrogens with zero attached hydrogens (tertiary/aromatic N) is 4. The van der Waals surface area contributed by atoms with Gasteiger partial charge in [0.05, 0.1) is 25.4 Å². The molecule has 2 aliphatic rings. The van der Waals surface area contributed by atoms with Gasteiger partial charge in [0.2, 0.25) is 0 Å². The number of benzene rings is 2. The number of anilines is 1. The fraction of sp³-hybridized carbons (Fsp3) is 0.289. The minimum Gasteiger partial charge on any atom is -0.493 e. The number of ketones is 1. The van der Waals surface area contributed by atoms with Crippen molar-refractivity contribution >= 4 is 28.4 Å². The number of hydrogen-bond donors (Lipinski definition) is 2. The Bertz CT molecular complexity index is 2080. The Hall–Kier alpha value is -5.59. The fourth-order valence-corrected chi connectivity index (χ4v) is 6.42. The summed E-state index contributed by atoms with van der Waals surface area (Å²) in [7, 11) is 1.60. The first kappa shape index (κ1) is 32.9. The van der Waals surface area contributed by atoms with Crippen LogP contribution >= 0.6 is 0 Å². The van der Waals surface area contributed by atoms with Crippen LogP contribution in [-0.4, -0.2) is 77.6 Å².